The van der Waals surface area contributed by atoms with Crippen LogP contribution >= 0.6 is 0 Å². The van der Waals surface area contributed by atoms with Crippen molar-refractivity contribution in [1.82, 2.24) is 17.2 Å². The molecule has 2 fully saturated rings. The summed E-state index contributed by atoms with van der Waals surface area (Å²) in [5.74, 6) is 0. The van der Waals surface area contributed by atoms with Crippen molar-refractivity contribution in [3.05, 3.63) is 0 Å². The second-order valence-corrected chi connectivity index (χ2v) is 10.0. The highest BCUT2D eigenvalue weighted by Crippen LogP contribution is 2.37. The van der Waals surface area contributed by atoms with E-state index in [1.54, 1.807) is 0 Å². The zero-order valence-corrected chi connectivity index (χ0v) is 14.3. The van der Waals surface area contributed by atoms with Gasteiger partial charge in [-0.1, -0.05) is 0 Å². The van der Waals surface area contributed by atoms with Gasteiger partial charge in [0, 0.05) is 0 Å². The largest absolute Gasteiger partial charge is 0.338 e. The van der Waals surface area contributed by atoms with Gasteiger partial charge in [0.1, 0.15) is 12.3 Å². The highest BCUT2D eigenvalue weighted by atomic mass is 32.2. The Labute approximate surface area is 136 Å². The predicted molar refractivity (Wildman–Crippen MR) is 70.9 cm³/mol. The van der Waals surface area contributed by atoms with Gasteiger partial charge in [0.25, 0.3) is 0 Å². The molecule has 0 aliphatic carbocycles. The van der Waals surface area contributed by atoms with E-state index in [0.717, 1.165) is 0 Å². The van der Waals surface area contributed by atoms with Crippen LogP contribution in [0.15, 0.2) is 0 Å². The lowest BCUT2D eigenvalue weighted by molar-refractivity contribution is 0.218. The topological polar surface area (TPSA) is 230 Å². The normalized spacial score (nSPS) is 29.2. The number of fused-ring (bicyclic) bond motifs is 1. The lowest BCUT2D eigenvalue weighted by atomic mass is 10.4. The fourth-order valence-corrected chi connectivity index (χ4v) is 5.66. The molecule has 142 valence electrons. The molecule has 16 nitrogen and oxygen atoms in total. The molecule has 0 spiro atoms. The Hall–Kier alpha value is -0.520. The van der Waals surface area contributed by atoms with Crippen LogP contribution < -0.4 is 0 Å². The molecule has 0 unspecified atom stereocenters. The minimum absolute atomic E-state index is 0.218. The van der Waals surface area contributed by atoms with Crippen LogP contribution in [0, 0.1) is 0 Å². The van der Waals surface area contributed by atoms with Gasteiger partial charge >= 0.3 is 41.2 Å². The summed E-state index contributed by atoms with van der Waals surface area (Å²) in [6.07, 6.45) is -4.64. The second kappa shape index (κ2) is 5.49. The van der Waals surface area contributed by atoms with Gasteiger partial charge < -0.3 is 0 Å². The molecule has 2 aliphatic heterocycles. The van der Waals surface area contributed by atoms with Gasteiger partial charge in [0.2, 0.25) is 0 Å². The Balaban J connectivity index is 2.74. The van der Waals surface area contributed by atoms with Crippen molar-refractivity contribution in [1.29, 1.82) is 0 Å². The Morgan fingerprint density at radius 1 is 0.500 bits per heavy atom. The zero-order valence-electron chi connectivity index (χ0n) is 11.0. The first-order chi connectivity index (χ1) is 10.5. The monoisotopic (exact) mass is 434 g/mol. The number of nitrogens with zero attached hydrogens (tertiary/aromatic N) is 4. The molecule has 0 aromatic rings. The van der Waals surface area contributed by atoms with Crippen molar-refractivity contribution in [2.45, 2.75) is 12.3 Å². The molecule has 24 heavy (non-hydrogen) atoms. The van der Waals surface area contributed by atoms with Gasteiger partial charge in [-0.3, -0.25) is 18.2 Å². The molecule has 2 saturated heterocycles. The third-order valence-corrected chi connectivity index (χ3v) is 6.89. The molecular weight excluding hydrogens is 424 g/mol. The molecule has 0 bridgehead atoms. The smallest absolute Gasteiger partial charge is 0.273 e. The molecule has 0 aromatic heterocycles. The quantitative estimate of drug-likeness (QED) is 0.310. The second-order valence-electron chi connectivity index (χ2n) is 4.57. The fraction of sp³-hybridized carbons (Fsp3) is 1.00. The van der Waals surface area contributed by atoms with Crippen LogP contribution in [0.3, 0.4) is 0 Å². The predicted octanol–water partition coefficient (Wildman–Crippen LogP) is -4.00. The first-order valence-electron chi connectivity index (χ1n) is 5.42. The molecule has 2 aliphatic rings. The van der Waals surface area contributed by atoms with Gasteiger partial charge in [-0.25, -0.2) is 0 Å². The van der Waals surface area contributed by atoms with E-state index in [-0.39, 0.29) is 17.2 Å². The van der Waals surface area contributed by atoms with Crippen LogP contribution in [0.5, 0.6) is 0 Å². The average Bonchev–Trinajstić information content (AvgIpc) is 2.78. The maximum absolute atomic E-state index is 11.3. The molecule has 0 radical (unpaired) electrons. The summed E-state index contributed by atoms with van der Waals surface area (Å²) < 4.78 is 126. The van der Waals surface area contributed by atoms with Crippen molar-refractivity contribution < 1.29 is 51.9 Å². The van der Waals surface area contributed by atoms with Gasteiger partial charge in [0.05, 0.1) is 13.3 Å². The fourth-order valence-electron chi connectivity index (χ4n) is 2.33. The van der Waals surface area contributed by atoms with Gasteiger partial charge in [-0.05, 0) is 0 Å². The van der Waals surface area contributed by atoms with Crippen molar-refractivity contribution in [2.24, 2.45) is 0 Å². The third-order valence-electron chi connectivity index (χ3n) is 3.19. The lowest BCUT2D eigenvalue weighted by Gasteiger charge is -2.24. The Morgan fingerprint density at radius 3 is 0.792 bits per heavy atom. The van der Waals surface area contributed by atoms with E-state index in [4.69, 9.17) is 18.2 Å². The van der Waals surface area contributed by atoms with Crippen LogP contribution in [0.1, 0.15) is 0 Å². The van der Waals surface area contributed by atoms with Crippen LogP contribution in [-0.2, 0) is 41.2 Å². The van der Waals surface area contributed by atoms with E-state index < -0.39 is 66.9 Å². The van der Waals surface area contributed by atoms with E-state index in [0.29, 0.717) is 0 Å². The van der Waals surface area contributed by atoms with Crippen LogP contribution in [0.2, 0.25) is 0 Å². The number of hydrogen-bond acceptors (Lipinski definition) is 8. The summed E-state index contributed by atoms with van der Waals surface area (Å²) >= 11 is 0. The van der Waals surface area contributed by atoms with E-state index in [1.165, 1.54) is 0 Å². The maximum Gasteiger partial charge on any atom is 0.338 e. The van der Waals surface area contributed by atoms with Crippen LogP contribution in [0.4, 0.5) is 0 Å². The van der Waals surface area contributed by atoms with Crippen molar-refractivity contribution in [2.75, 3.05) is 13.3 Å². The minimum atomic E-state index is -5.32. The summed E-state index contributed by atoms with van der Waals surface area (Å²) in [4.78, 5) is 0. The van der Waals surface area contributed by atoms with E-state index in [2.05, 4.69) is 0 Å². The van der Waals surface area contributed by atoms with Gasteiger partial charge in [-0.2, -0.15) is 33.7 Å². The third kappa shape index (κ3) is 3.40. The highest BCUT2D eigenvalue weighted by molar-refractivity contribution is 7.85. The average molecular weight is 434 g/mol. The minimum Gasteiger partial charge on any atom is -0.273 e. The van der Waals surface area contributed by atoms with Gasteiger partial charge in [-0.15, -0.1) is 17.2 Å². The molecule has 0 aromatic carbocycles. The maximum atomic E-state index is 11.3. The Bertz CT molecular complexity index is 795. The summed E-state index contributed by atoms with van der Waals surface area (Å²) in [5, 5.41) is 0. The molecule has 4 N–H and O–H groups in total. The van der Waals surface area contributed by atoms with Gasteiger partial charge in [0.15, 0.2) is 0 Å². The van der Waals surface area contributed by atoms with Crippen molar-refractivity contribution in [3.8, 4) is 0 Å². The number of hydrogen-bond donors (Lipinski definition) is 4. The standard InChI is InChI=1S/C4H10N4O12S4/c9-21(10,11)5-1-6(22(12,13)14)4-3(5)7(23(15,16)17)2-8(4)24(18,19)20/h3-4H,1-2H2,(H,9,10,11)(H,12,13,14)(H,15,16,17)(H,18,19,20). The highest BCUT2D eigenvalue weighted by Gasteiger charge is 2.63. The first-order valence-corrected chi connectivity index (χ1v) is 11.0. The summed E-state index contributed by atoms with van der Waals surface area (Å²) in [6.45, 7) is -2.80. The van der Waals surface area contributed by atoms with Crippen LogP contribution in [0.25, 0.3) is 0 Å². The van der Waals surface area contributed by atoms with Crippen LogP contribution in [-0.4, -0.2) is 94.8 Å². The number of rotatable bonds is 4. The molecule has 0 amide bonds. The molecule has 2 rings (SSSR count). The lowest BCUT2D eigenvalue weighted by Crippen LogP contribution is -2.50. The first kappa shape index (κ1) is 19.8. The molecule has 0 atom stereocenters. The van der Waals surface area contributed by atoms with E-state index in [9.17, 15) is 33.7 Å². The Morgan fingerprint density at radius 2 is 0.667 bits per heavy atom. The summed E-state index contributed by atoms with van der Waals surface area (Å²) in [5.41, 5.74) is 0. The molecule has 20 heteroatoms. The molecule has 2 heterocycles. The van der Waals surface area contributed by atoms with Crippen molar-refractivity contribution in [3.63, 3.8) is 0 Å². The molecule has 0 saturated carbocycles. The Kier molecular flexibility index (Phi) is 4.53. The van der Waals surface area contributed by atoms with Crippen molar-refractivity contribution >= 4 is 41.2 Å². The SMILES string of the molecule is O=S(=O)(O)N1CN(S(=O)(=O)O)C2C1N(S(=O)(=O)O)CN2S(=O)(=O)O. The molecular formula is C4H10N4O12S4. The zero-order chi connectivity index (χ0) is 18.9. The summed E-state index contributed by atoms with van der Waals surface area (Å²) in [6, 6.07) is 0. The van der Waals surface area contributed by atoms with E-state index >= 15 is 0 Å². The van der Waals surface area contributed by atoms with E-state index in [1.807, 2.05) is 0 Å². The summed E-state index contributed by atoms with van der Waals surface area (Å²) in [7, 11) is -21.3.